The van der Waals surface area contributed by atoms with Crippen LogP contribution in [-0.2, 0) is 14.4 Å². The second-order valence-electron chi connectivity index (χ2n) is 8.52. The van der Waals surface area contributed by atoms with Crippen molar-refractivity contribution in [3.63, 3.8) is 0 Å². The Labute approximate surface area is 167 Å². The molecule has 28 heavy (non-hydrogen) atoms. The molecule has 5 atom stereocenters. The summed E-state index contributed by atoms with van der Waals surface area (Å²) in [4.78, 5) is 27.6. The predicted octanol–water partition coefficient (Wildman–Crippen LogP) is 0.493. The molecule has 0 radical (unpaired) electrons. The van der Waals surface area contributed by atoms with E-state index in [9.17, 15) is 4.79 Å². The van der Waals surface area contributed by atoms with E-state index in [0.717, 1.165) is 58.5 Å². The fourth-order valence-electron chi connectivity index (χ4n) is 5.18. The summed E-state index contributed by atoms with van der Waals surface area (Å²) >= 11 is 0. The van der Waals surface area contributed by atoms with Crippen molar-refractivity contribution in [2.75, 3.05) is 46.4 Å². The summed E-state index contributed by atoms with van der Waals surface area (Å²) in [5.74, 6) is 1.52. The smallest absolute Gasteiger partial charge is 0.409 e. The van der Waals surface area contributed by atoms with Crippen LogP contribution in [0.15, 0.2) is 0 Å². The molecule has 4 heterocycles. The first-order chi connectivity index (χ1) is 13.7. The summed E-state index contributed by atoms with van der Waals surface area (Å²) in [6.45, 7) is 6.52. The molecule has 0 aromatic rings. The lowest BCUT2D eigenvalue weighted by Gasteiger charge is -2.39. The van der Waals surface area contributed by atoms with Crippen LogP contribution < -0.4 is 16.3 Å². The summed E-state index contributed by atoms with van der Waals surface area (Å²) < 4.78 is 5.13. The van der Waals surface area contributed by atoms with Gasteiger partial charge in [0.2, 0.25) is 0 Å². The summed E-state index contributed by atoms with van der Waals surface area (Å²) in [5, 5.41) is 3.67. The number of likely N-dealkylation sites (tertiary alicyclic amines) is 1. The fourth-order valence-corrected chi connectivity index (χ4v) is 5.18. The predicted molar refractivity (Wildman–Crippen MR) is 103 cm³/mol. The first-order valence-electron chi connectivity index (χ1n) is 10.8. The van der Waals surface area contributed by atoms with Gasteiger partial charge in [-0.2, -0.15) is 5.48 Å². The van der Waals surface area contributed by atoms with Gasteiger partial charge in [-0.3, -0.25) is 9.74 Å². The monoisotopic (exact) mass is 397 g/mol. The minimum atomic E-state index is -0.186. The molecule has 0 saturated carbocycles. The van der Waals surface area contributed by atoms with E-state index < -0.39 is 0 Å². The van der Waals surface area contributed by atoms with Crippen molar-refractivity contribution in [2.24, 2.45) is 17.8 Å². The molecule has 4 aliphatic heterocycles. The molecule has 4 rings (SSSR count). The Morgan fingerprint density at radius 3 is 2.71 bits per heavy atom. The van der Waals surface area contributed by atoms with Crippen molar-refractivity contribution in [3.8, 4) is 0 Å². The zero-order valence-electron chi connectivity index (χ0n) is 17.1. The van der Waals surface area contributed by atoms with Gasteiger partial charge >= 0.3 is 6.09 Å². The second-order valence-corrected chi connectivity index (χ2v) is 8.52. The standard InChI is InChI=1S/C19H35N5O4/c1-3-26-19(25)24-8-5-13(6-9-24)17-22-28-18(23(17)2)14-4-7-20-16(10-14)15-11-21-27-12-15/h13-18,20-22H,3-12H2,1-2H3. The first-order valence-corrected chi connectivity index (χ1v) is 10.8. The SMILES string of the molecule is CCOC(=O)N1CCC(C2NOC(C3CCNC(C4CNOC4)C3)N2C)CC1. The average molecular weight is 398 g/mol. The van der Waals surface area contributed by atoms with E-state index in [0.29, 0.717) is 30.4 Å². The number of nitrogens with zero attached hydrogens (tertiary/aromatic N) is 2. The van der Waals surface area contributed by atoms with Crippen molar-refractivity contribution in [1.82, 2.24) is 26.1 Å². The van der Waals surface area contributed by atoms with Gasteiger partial charge in [-0.15, -0.1) is 0 Å². The number of carbonyl (C=O) groups excluding carboxylic acids is 1. The highest BCUT2D eigenvalue weighted by atomic mass is 16.7. The van der Waals surface area contributed by atoms with E-state index in [1.807, 2.05) is 11.8 Å². The Morgan fingerprint density at radius 1 is 1.18 bits per heavy atom. The minimum Gasteiger partial charge on any atom is -0.450 e. The summed E-state index contributed by atoms with van der Waals surface area (Å²) in [6.07, 6.45) is 4.30. The molecule has 4 saturated heterocycles. The van der Waals surface area contributed by atoms with Crippen molar-refractivity contribution in [1.29, 1.82) is 0 Å². The Hall–Kier alpha value is -0.970. The molecule has 160 valence electrons. The number of carbonyl (C=O) groups is 1. The normalized spacial score (nSPS) is 38.1. The number of hydrogen-bond acceptors (Lipinski definition) is 8. The van der Waals surface area contributed by atoms with Crippen LogP contribution in [0.3, 0.4) is 0 Å². The number of piperidine rings is 2. The zero-order valence-corrected chi connectivity index (χ0v) is 17.1. The van der Waals surface area contributed by atoms with Gasteiger partial charge in [0.25, 0.3) is 0 Å². The van der Waals surface area contributed by atoms with Gasteiger partial charge in [-0.05, 0) is 52.1 Å². The minimum absolute atomic E-state index is 0.105. The molecule has 4 fully saturated rings. The lowest BCUT2D eigenvalue weighted by molar-refractivity contribution is -0.0552. The third kappa shape index (κ3) is 4.29. The highest BCUT2D eigenvalue weighted by molar-refractivity contribution is 5.67. The van der Waals surface area contributed by atoms with E-state index in [1.54, 1.807) is 0 Å². The van der Waals surface area contributed by atoms with E-state index in [4.69, 9.17) is 14.4 Å². The van der Waals surface area contributed by atoms with Crippen LogP contribution in [0.1, 0.15) is 32.6 Å². The van der Waals surface area contributed by atoms with Crippen molar-refractivity contribution < 1.29 is 19.2 Å². The summed E-state index contributed by atoms with van der Waals surface area (Å²) in [5.41, 5.74) is 6.31. The maximum Gasteiger partial charge on any atom is 0.409 e. The third-order valence-corrected chi connectivity index (χ3v) is 6.86. The van der Waals surface area contributed by atoms with Gasteiger partial charge in [0, 0.05) is 37.5 Å². The maximum atomic E-state index is 11.9. The first kappa shape index (κ1) is 20.3. The molecule has 3 N–H and O–H groups in total. The number of hydrogen-bond donors (Lipinski definition) is 3. The van der Waals surface area contributed by atoms with Gasteiger partial charge in [0.1, 0.15) is 6.23 Å². The van der Waals surface area contributed by atoms with E-state index >= 15 is 0 Å². The van der Waals surface area contributed by atoms with Crippen LogP contribution in [0, 0.1) is 17.8 Å². The number of hydroxylamine groups is 2. The van der Waals surface area contributed by atoms with E-state index in [2.05, 4.69) is 28.2 Å². The van der Waals surface area contributed by atoms with Crippen molar-refractivity contribution in [3.05, 3.63) is 0 Å². The Morgan fingerprint density at radius 2 is 2.00 bits per heavy atom. The Bertz CT molecular complexity index is 524. The maximum absolute atomic E-state index is 11.9. The largest absolute Gasteiger partial charge is 0.450 e. The topological polar surface area (TPSA) is 87.3 Å². The Kier molecular flexibility index (Phi) is 6.70. The zero-order chi connectivity index (χ0) is 19.5. The molecule has 5 unspecified atom stereocenters. The third-order valence-electron chi connectivity index (χ3n) is 6.86. The molecule has 0 aliphatic carbocycles. The van der Waals surface area contributed by atoms with Crippen LogP contribution in [-0.4, -0.2) is 80.8 Å². The number of nitrogens with one attached hydrogen (secondary N) is 3. The molecule has 0 aromatic heterocycles. The molecule has 4 aliphatic rings. The summed E-state index contributed by atoms with van der Waals surface area (Å²) in [7, 11) is 2.17. The van der Waals surface area contributed by atoms with Gasteiger partial charge < -0.3 is 19.8 Å². The molecule has 0 aromatic carbocycles. The van der Waals surface area contributed by atoms with Crippen LogP contribution in [0.2, 0.25) is 0 Å². The summed E-state index contributed by atoms with van der Waals surface area (Å²) in [6, 6.07) is 0.484. The van der Waals surface area contributed by atoms with Gasteiger partial charge in [-0.1, -0.05) is 0 Å². The van der Waals surface area contributed by atoms with Crippen molar-refractivity contribution in [2.45, 2.75) is 51.0 Å². The van der Waals surface area contributed by atoms with Gasteiger partial charge in [0.15, 0.2) is 0 Å². The van der Waals surface area contributed by atoms with Crippen LogP contribution in [0.5, 0.6) is 0 Å². The van der Waals surface area contributed by atoms with E-state index in [1.165, 1.54) is 0 Å². The fraction of sp³-hybridized carbons (Fsp3) is 0.947. The molecular weight excluding hydrogens is 362 g/mol. The molecular formula is C19H35N5O4. The van der Waals surface area contributed by atoms with Gasteiger partial charge in [0.05, 0.1) is 19.4 Å². The van der Waals surface area contributed by atoms with Crippen LogP contribution >= 0.6 is 0 Å². The highest BCUT2D eigenvalue weighted by Crippen LogP contribution is 2.33. The molecule has 1 amide bonds. The average Bonchev–Trinajstić information content (AvgIpc) is 3.38. The molecule has 9 heteroatoms. The van der Waals surface area contributed by atoms with E-state index in [-0.39, 0.29) is 18.5 Å². The van der Waals surface area contributed by atoms with Crippen LogP contribution in [0.4, 0.5) is 4.79 Å². The van der Waals surface area contributed by atoms with Crippen LogP contribution in [0.25, 0.3) is 0 Å². The number of ether oxygens (including phenoxy) is 1. The molecule has 0 bridgehead atoms. The lowest BCUT2D eigenvalue weighted by Crippen LogP contribution is -2.51. The Balaban J connectivity index is 1.29. The quantitative estimate of drug-likeness (QED) is 0.632. The number of rotatable bonds is 4. The van der Waals surface area contributed by atoms with Crippen molar-refractivity contribution >= 4 is 6.09 Å². The second kappa shape index (κ2) is 9.23. The highest BCUT2D eigenvalue weighted by Gasteiger charge is 2.44. The molecule has 9 nitrogen and oxygen atoms in total. The molecule has 0 spiro atoms. The lowest BCUT2D eigenvalue weighted by atomic mass is 9.84. The van der Waals surface area contributed by atoms with Gasteiger partial charge in [-0.25, -0.2) is 10.3 Å². The number of amides is 1.